The number of aliphatic hydroxyl groups is 4. The highest BCUT2D eigenvalue weighted by atomic mass is 31.2. The number of aldehydes is 1. The molecule has 102 valence electrons. The van der Waals surface area contributed by atoms with Gasteiger partial charge in [-0.2, -0.15) is 0 Å². The minimum atomic E-state index is -4.88. The Morgan fingerprint density at radius 2 is 2.00 bits per heavy atom. The van der Waals surface area contributed by atoms with Gasteiger partial charge in [-0.15, -0.1) is 0 Å². The lowest BCUT2D eigenvalue weighted by molar-refractivity contribution is -0.162. The molecule has 4 atom stereocenters. The fourth-order valence-electron chi connectivity index (χ4n) is 0.813. The van der Waals surface area contributed by atoms with Gasteiger partial charge in [-0.1, -0.05) is 0 Å². The molecule has 0 heterocycles. The van der Waals surface area contributed by atoms with E-state index >= 15 is 0 Å². The molecule has 0 aliphatic rings. The Morgan fingerprint density at radius 3 is 2.35 bits per heavy atom. The van der Waals surface area contributed by atoms with E-state index in [9.17, 15) is 29.8 Å². The lowest BCUT2D eigenvalue weighted by atomic mass is 10.00. The number of hydrogen-bond donors (Lipinski definition) is 7. The third-order valence-corrected chi connectivity index (χ3v) is 2.25. The molecule has 10 nitrogen and oxygen atoms in total. The first-order valence-electron chi connectivity index (χ1n) is 4.69. The predicted molar refractivity (Wildman–Crippen MR) is 51.2 cm³/mol. The molecular formula is C6H14NO9P. The Morgan fingerprint density at radius 1 is 1.47 bits per heavy atom. The van der Waals surface area contributed by atoms with Crippen molar-refractivity contribution in [3.05, 3.63) is 0 Å². The van der Waals surface area contributed by atoms with Crippen molar-refractivity contribution < 1.29 is 45.5 Å². The summed E-state index contributed by atoms with van der Waals surface area (Å²) in [5.41, 5.74) is -1.59. The van der Waals surface area contributed by atoms with Gasteiger partial charge in [0, 0.05) is 0 Å². The molecular weight excluding hydrogens is 261 g/mol. The van der Waals surface area contributed by atoms with Crippen LogP contribution in [0.5, 0.6) is 0 Å². The molecule has 0 fully saturated rings. The highest BCUT2D eigenvalue weighted by Crippen LogP contribution is 2.35. The van der Waals surface area contributed by atoms with E-state index < -0.39 is 38.5 Å². The number of phosphoric acid groups is 1. The van der Waals surface area contributed by atoms with Crippen molar-refractivity contribution in [2.75, 3.05) is 6.61 Å². The van der Waals surface area contributed by atoms with Gasteiger partial charge < -0.3 is 30.2 Å². The highest BCUT2D eigenvalue weighted by Gasteiger charge is 2.40. The van der Waals surface area contributed by atoms with E-state index in [4.69, 9.17) is 11.2 Å². The average Bonchev–Trinajstić information content (AvgIpc) is 2.32. The molecule has 0 bridgehead atoms. The topological polar surface area (TPSA) is 191 Å². The average molecular weight is 276 g/mol. The summed E-state index contributed by atoms with van der Waals surface area (Å²) < 4.78 is 20.7. The predicted octanol–water partition coefficient (Wildman–Crippen LogP) is -3.98. The second-order valence-electron chi connectivity index (χ2n) is 3.23. The van der Waals surface area contributed by atoms with Crippen LogP contribution in [-0.2, 0) is 13.9 Å². The minimum absolute atomic E-state index is 0.287. The maximum absolute atomic E-state index is 10.4. The molecule has 0 aromatic carbocycles. The number of carbonyl (C=O) groups excluding carboxylic acids is 1. The van der Waals surface area contributed by atoms with Crippen LogP contribution < -0.4 is 5.73 Å². The van der Waals surface area contributed by atoms with Crippen molar-refractivity contribution in [1.29, 1.82) is 0 Å². The van der Waals surface area contributed by atoms with E-state index in [1.165, 1.54) is 5.73 Å². The summed E-state index contributed by atoms with van der Waals surface area (Å²) in [6.07, 6.45) is -6.80. The largest absolute Gasteiger partial charge is 0.469 e. The van der Waals surface area contributed by atoms with Crippen LogP contribution in [0.3, 0.4) is 0 Å². The Balaban J connectivity index is 4.58. The maximum Gasteiger partial charge on any atom is 0.469 e. The molecule has 0 rings (SSSR count). The van der Waals surface area contributed by atoms with Gasteiger partial charge in [0.15, 0.2) is 12.0 Å². The maximum atomic E-state index is 10.4. The summed E-state index contributed by atoms with van der Waals surface area (Å²) in [5, 5.41) is 37.1. The number of rotatable bonds is 8. The van der Waals surface area contributed by atoms with Crippen LogP contribution in [-0.4, -0.2) is 67.1 Å². The van der Waals surface area contributed by atoms with Crippen LogP contribution in [0.1, 0.15) is 0 Å². The second-order valence-corrected chi connectivity index (χ2v) is 4.47. The van der Waals surface area contributed by atoms with Crippen LogP contribution in [0.4, 0.5) is 0 Å². The molecule has 0 aromatic heterocycles. The zero-order chi connectivity index (χ0) is 14.6. The van der Waals surface area contributed by atoms with Crippen molar-refractivity contribution >= 4 is 14.1 Å². The van der Waals surface area contributed by atoms with Crippen molar-refractivity contribution in [3.63, 3.8) is 0 Å². The smallest absolute Gasteiger partial charge is 0.388 e. The first kappa shape index (κ1) is 14.6. The van der Waals surface area contributed by atoms with Gasteiger partial charge in [0.1, 0.15) is 19.7 Å². The number of hydrogen-bond acceptors (Lipinski definition) is 8. The Kier molecular flexibility index (Phi) is 5.13. The summed E-state index contributed by atoms with van der Waals surface area (Å²) in [4.78, 5) is 27.1. The molecule has 0 aliphatic heterocycles. The Hall–Kier alpha value is -0.420. The molecule has 0 saturated heterocycles. The molecule has 17 heavy (non-hydrogen) atoms. The quantitative estimate of drug-likeness (QED) is 0.131. The van der Waals surface area contributed by atoms with Gasteiger partial charge in [-0.25, -0.2) is 4.57 Å². The lowest BCUT2D eigenvalue weighted by Gasteiger charge is -2.29. The van der Waals surface area contributed by atoms with Gasteiger partial charge in [0.25, 0.3) is 0 Å². The third kappa shape index (κ3) is 5.64. The number of carbonyl (C=O) groups is 1. The highest BCUT2D eigenvalue weighted by molar-refractivity contribution is 7.46. The van der Waals surface area contributed by atoms with Crippen LogP contribution in [0, 0.1) is 0 Å². The zero-order valence-corrected chi connectivity index (χ0v) is 9.27. The van der Waals surface area contributed by atoms with Gasteiger partial charge in [-0.3, -0.25) is 15.0 Å². The van der Waals surface area contributed by atoms with E-state index in [-0.39, 0.29) is 6.29 Å². The van der Waals surface area contributed by atoms with Gasteiger partial charge in [0.05, 0.1) is 6.61 Å². The molecule has 0 unspecified atom stereocenters. The van der Waals surface area contributed by atoms with Gasteiger partial charge in [0.2, 0.25) is 0 Å². The molecule has 0 amide bonds. The number of aliphatic hydroxyl groups excluding tert-OH is 3. The summed E-state index contributed by atoms with van der Waals surface area (Å²) in [6, 6.07) is 0. The second kappa shape index (κ2) is 5.96. The molecule has 0 aromatic rings. The molecule has 8 N–H and O–H groups in total. The van der Waals surface area contributed by atoms with E-state index in [1.807, 2.05) is 0 Å². The summed E-state index contributed by atoms with van der Waals surface area (Å²) in [7, 11) is -4.88. The zero-order valence-electron chi connectivity index (χ0n) is 9.37. The minimum Gasteiger partial charge on any atom is -0.388 e. The summed E-state index contributed by atoms with van der Waals surface area (Å²) in [5.74, 6) is 0. The normalized spacial score (nSPS) is 22.1. The van der Waals surface area contributed by atoms with Crippen molar-refractivity contribution in [1.82, 2.24) is 0 Å². The molecule has 0 aliphatic carbocycles. The number of nitrogens with two attached hydrogens (primary N) is 1. The van der Waals surface area contributed by atoms with E-state index in [0.717, 1.165) is 0 Å². The van der Waals surface area contributed by atoms with E-state index in [1.54, 1.807) is 0 Å². The number of phosphoric ester groups is 1. The van der Waals surface area contributed by atoms with Gasteiger partial charge >= 0.3 is 7.82 Å². The van der Waals surface area contributed by atoms with Crippen LogP contribution in [0.2, 0.25) is 1.41 Å². The Labute approximate surface area is 97.0 Å². The van der Waals surface area contributed by atoms with Gasteiger partial charge in [-0.05, 0) is 0 Å². The fourth-order valence-corrected chi connectivity index (χ4v) is 1.16. The van der Waals surface area contributed by atoms with E-state index in [2.05, 4.69) is 4.52 Å². The summed E-state index contributed by atoms with van der Waals surface area (Å²) in [6.45, 7) is -1.06. The molecule has 0 spiro atoms. The molecule has 0 saturated carbocycles. The first-order valence-corrected chi connectivity index (χ1v) is 5.72. The van der Waals surface area contributed by atoms with Crippen molar-refractivity contribution in [2.45, 2.75) is 24.0 Å². The van der Waals surface area contributed by atoms with Crippen molar-refractivity contribution in [2.24, 2.45) is 5.73 Å². The molecule has 11 heteroatoms. The standard InChI is InChI=1S/C6H14NO9P/c7-6(12,2-8)5(11)4(10)3(9)1-16-17(13,14)15/h2-5,9-12H,1,7H2,(H2,13,14,15)/t3-,4-,5+,6+/m1/s1/i/hD. The van der Waals surface area contributed by atoms with Crippen molar-refractivity contribution in [3.8, 4) is 0 Å². The fraction of sp³-hybridized carbons (Fsp3) is 0.833. The third-order valence-electron chi connectivity index (χ3n) is 1.76. The monoisotopic (exact) mass is 276 g/mol. The molecule has 0 radical (unpaired) electrons. The lowest BCUT2D eigenvalue weighted by Crippen LogP contribution is -2.60. The van der Waals surface area contributed by atoms with Crippen LogP contribution >= 0.6 is 7.82 Å². The van der Waals surface area contributed by atoms with Crippen LogP contribution in [0.25, 0.3) is 0 Å². The van der Waals surface area contributed by atoms with E-state index in [0.29, 0.717) is 0 Å². The summed E-state index contributed by atoms with van der Waals surface area (Å²) >= 11 is 0. The van der Waals surface area contributed by atoms with Crippen LogP contribution in [0.15, 0.2) is 0 Å². The first-order chi connectivity index (χ1) is 8.07. The SMILES string of the molecule is [2H]N[C@](O)(C=O)[C@@H](O)[C@H](O)[C@H](O)COP(=O)(O)O. The Bertz CT molecular complexity index is 324.